The van der Waals surface area contributed by atoms with Crippen molar-refractivity contribution in [1.29, 1.82) is 0 Å². The molecule has 4 heteroatoms. The lowest BCUT2D eigenvalue weighted by Crippen LogP contribution is -2.33. The summed E-state index contributed by atoms with van der Waals surface area (Å²) >= 11 is 0. The molecule has 1 saturated heterocycles. The number of carbonyl (C=O) groups excluding carboxylic acids is 1. The molecule has 1 aliphatic heterocycles. The minimum Gasteiger partial charge on any atom is -0.459 e. The number of methoxy groups -OCH3 is 1. The molecular weight excluding hydrogens is 208 g/mol. The fourth-order valence-electron chi connectivity index (χ4n) is 1.41. The Bertz CT molecular complexity index is 292. The van der Waals surface area contributed by atoms with Gasteiger partial charge in [-0.05, 0) is 33.1 Å². The van der Waals surface area contributed by atoms with Crippen LogP contribution in [0, 0.1) is 11.8 Å². The Labute approximate surface area is 96.2 Å². The van der Waals surface area contributed by atoms with Crippen molar-refractivity contribution in [1.82, 2.24) is 0 Å². The van der Waals surface area contributed by atoms with Gasteiger partial charge in [0.15, 0.2) is 6.29 Å². The van der Waals surface area contributed by atoms with Crippen molar-refractivity contribution in [3.8, 4) is 11.8 Å². The molecule has 0 aromatic heterocycles. The van der Waals surface area contributed by atoms with Crippen LogP contribution in [0.1, 0.15) is 33.1 Å². The zero-order chi connectivity index (χ0) is 12.0. The third kappa shape index (κ3) is 4.65. The molecule has 1 rings (SSSR count). The Morgan fingerprint density at radius 2 is 2.19 bits per heavy atom. The molecule has 1 aliphatic rings. The third-order valence-electron chi connectivity index (χ3n) is 2.21. The second kappa shape index (κ2) is 5.88. The minimum absolute atomic E-state index is 0.212. The highest BCUT2D eigenvalue weighted by molar-refractivity contribution is 5.88. The molecular formula is C12H18O4. The first kappa shape index (κ1) is 13.0. The normalized spacial score (nSPS) is 20.8. The van der Waals surface area contributed by atoms with E-state index in [0.29, 0.717) is 0 Å². The molecule has 16 heavy (non-hydrogen) atoms. The Morgan fingerprint density at radius 3 is 2.75 bits per heavy atom. The van der Waals surface area contributed by atoms with E-state index in [9.17, 15) is 4.79 Å². The van der Waals surface area contributed by atoms with Crippen molar-refractivity contribution in [2.75, 3.05) is 13.7 Å². The number of carbonyl (C=O) groups is 1. The van der Waals surface area contributed by atoms with E-state index in [1.807, 2.05) is 0 Å². The van der Waals surface area contributed by atoms with Gasteiger partial charge in [0.1, 0.15) is 5.60 Å². The molecule has 0 aromatic carbocycles. The highest BCUT2D eigenvalue weighted by Gasteiger charge is 2.23. The molecule has 4 nitrogen and oxygen atoms in total. The predicted octanol–water partition coefficient (Wildman–Crippen LogP) is 1.48. The van der Waals surface area contributed by atoms with Crippen molar-refractivity contribution >= 4 is 5.97 Å². The van der Waals surface area contributed by atoms with Gasteiger partial charge in [0.2, 0.25) is 0 Å². The molecule has 1 unspecified atom stereocenters. The first-order chi connectivity index (χ1) is 7.53. The van der Waals surface area contributed by atoms with Crippen LogP contribution in [-0.2, 0) is 19.0 Å². The molecule has 1 atom stereocenters. The van der Waals surface area contributed by atoms with E-state index < -0.39 is 11.6 Å². The summed E-state index contributed by atoms with van der Waals surface area (Å²) in [6.45, 7) is 4.34. The molecule has 0 saturated carbocycles. The molecule has 0 spiro atoms. The van der Waals surface area contributed by atoms with E-state index in [4.69, 9.17) is 9.47 Å². The molecule has 0 N–H and O–H groups in total. The van der Waals surface area contributed by atoms with E-state index in [1.165, 1.54) is 7.11 Å². The number of hydrogen-bond donors (Lipinski definition) is 0. The summed E-state index contributed by atoms with van der Waals surface area (Å²) in [4.78, 5) is 10.9. The maximum atomic E-state index is 10.9. The highest BCUT2D eigenvalue weighted by atomic mass is 16.7. The second-order valence-electron chi connectivity index (χ2n) is 4.17. The monoisotopic (exact) mass is 226 g/mol. The van der Waals surface area contributed by atoms with Crippen molar-refractivity contribution in [2.24, 2.45) is 0 Å². The number of ether oxygens (including phenoxy) is 3. The molecule has 1 heterocycles. The maximum Gasteiger partial charge on any atom is 0.384 e. The maximum absolute atomic E-state index is 10.9. The quantitative estimate of drug-likeness (QED) is 0.406. The Hall–Kier alpha value is -1.05. The Kier molecular flexibility index (Phi) is 4.78. The van der Waals surface area contributed by atoms with Crippen molar-refractivity contribution < 1.29 is 19.0 Å². The Balaban J connectivity index is 2.48. The number of hydrogen-bond acceptors (Lipinski definition) is 4. The van der Waals surface area contributed by atoms with Crippen molar-refractivity contribution in [2.45, 2.75) is 45.0 Å². The first-order valence-corrected chi connectivity index (χ1v) is 5.44. The average molecular weight is 226 g/mol. The van der Waals surface area contributed by atoms with Crippen LogP contribution in [0.15, 0.2) is 0 Å². The molecule has 0 aromatic rings. The van der Waals surface area contributed by atoms with E-state index in [1.54, 1.807) is 13.8 Å². The molecule has 0 aliphatic carbocycles. The van der Waals surface area contributed by atoms with Gasteiger partial charge in [-0.2, -0.15) is 0 Å². The summed E-state index contributed by atoms with van der Waals surface area (Å²) in [7, 11) is 1.30. The van der Waals surface area contributed by atoms with Crippen molar-refractivity contribution in [3.63, 3.8) is 0 Å². The molecule has 90 valence electrons. The molecule has 1 fully saturated rings. The van der Waals surface area contributed by atoms with Gasteiger partial charge in [0, 0.05) is 12.5 Å². The average Bonchev–Trinajstić information content (AvgIpc) is 2.27. The van der Waals surface area contributed by atoms with Crippen LogP contribution in [0.5, 0.6) is 0 Å². The minimum atomic E-state index is -0.698. The van der Waals surface area contributed by atoms with Crippen LogP contribution in [0.3, 0.4) is 0 Å². The summed E-state index contributed by atoms with van der Waals surface area (Å²) < 4.78 is 15.5. The largest absolute Gasteiger partial charge is 0.459 e. The van der Waals surface area contributed by atoms with Crippen LogP contribution >= 0.6 is 0 Å². The molecule has 0 amide bonds. The lowest BCUT2D eigenvalue weighted by molar-refractivity contribution is -0.199. The smallest absolute Gasteiger partial charge is 0.384 e. The van der Waals surface area contributed by atoms with Gasteiger partial charge in [0.05, 0.1) is 7.11 Å². The lowest BCUT2D eigenvalue weighted by atomic mass is 10.1. The van der Waals surface area contributed by atoms with Gasteiger partial charge in [0.25, 0.3) is 0 Å². The van der Waals surface area contributed by atoms with Gasteiger partial charge in [-0.1, -0.05) is 5.92 Å². The standard InChI is InChI=1S/C12H18O4/c1-12(2,8-7-10(13)14-3)16-11-6-4-5-9-15-11/h11H,4-6,9H2,1-3H3. The highest BCUT2D eigenvalue weighted by Crippen LogP contribution is 2.19. The van der Waals surface area contributed by atoms with Gasteiger partial charge in [-0.25, -0.2) is 4.79 Å². The summed E-state index contributed by atoms with van der Waals surface area (Å²) in [5.74, 6) is 4.55. The molecule has 0 bridgehead atoms. The van der Waals surface area contributed by atoms with Crippen LogP contribution in [-0.4, -0.2) is 31.6 Å². The number of rotatable bonds is 2. The Morgan fingerprint density at radius 1 is 1.44 bits per heavy atom. The van der Waals surface area contributed by atoms with Gasteiger partial charge >= 0.3 is 5.97 Å². The van der Waals surface area contributed by atoms with E-state index in [0.717, 1.165) is 25.9 Å². The zero-order valence-electron chi connectivity index (χ0n) is 10.0. The van der Waals surface area contributed by atoms with E-state index in [-0.39, 0.29) is 6.29 Å². The van der Waals surface area contributed by atoms with E-state index in [2.05, 4.69) is 16.6 Å². The van der Waals surface area contributed by atoms with Crippen LogP contribution < -0.4 is 0 Å². The summed E-state index contributed by atoms with van der Waals surface area (Å²) in [6.07, 6.45) is 2.85. The first-order valence-electron chi connectivity index (χ1n) is 5.44. The molecule has 0 radical (unpaired) electrons. The predicted molar refractivity (Wildman–Crippen MR) is 58.5 cm³/mol. The van der Waals surface area contributed by atoms with Crippen LogP contribution in [0.4, 0.5) is 0 Å². The number of esters is 1. The topological polar surface area (TPSA) is 44.8 Å². The van der Waals surface area contributed by atoms with E-state index >= 15 is 0 Å². The lowest BCUT2D eigenvalue weighted by Gasteiger charge is -2.29. The van der Waals surface area contributed by atoms with Gasteiger partial charge < -0.3 is 14.2 Å². The third-order valence-corrected chi connectivity index (χ3v) is 2.21. The second-order valence-corrected chi connectivity index (χ2v) is 4.17. The summed E-state index contributed by atoms with van der Waals surface area (Å²) in [5, 5.41) is 0. The van der Waals surface area contributed by atoms with Gasteiger partial charge in [-0.15, -0.1) is 0 Å². The fourth-order valence-corrected chi connectivity index (χ4v) is 1.41. The zero-order valence-corrected chi connectivity index (χ0v) is 10.0. The van der Waals surface area contributed by atoms with Gasteiger partial charge in [-0.3, -0.25) is 0 Å². The summed E-state index contributed by atoms with van der Waals surface area (Å²) in [5.41, 5.74) is -0.698. The van der Waals surface area contributed by atoms with Crippen LogP contribution in [0.2, 0.25) is 0 Å². The fraction of sp³-hybridized carbons (Fsp3) is 0.750. The summed E-state index contributed by atoms with van der Waals surface area (Å²) in [6, 6.07) is 0. The van der Waals surface area contributed by atoms with Crippen molar-refractivity contribution in [3.05, 3.63) is 0 Å². The van der Waals surface area contributed by atoms with Crippen LogP contribution in [0.25, 0.3) is 0 Å². The SMILES string of the molecule is COC(=O)C#CC(C)(C)OC1CCCCO1.